The number of thiophene rings is 1. The van der Waals surface area contributed by atoms with Gasteiger partial charge in [0.15, 0.2) is 0 Å². The van der Waals surface area contributed by atoms with Crippen LogP contribution in [0.5, 0.6) is 0 Å². The van der Waals surface area contributed by atoms with Crippen molar-refractivity contribution in [3.05, 3.63) is 51.7 Å². The van der Waals surface area contributed by atoms with E-state index in [4.69, 9.17) is 5.73 Å². The lowest BCUT2D eigenvalue weighted by atomic mass is 10.1. The third-order valence-electron chi connectivity index (χ3n) is 2.71. The molecular weight excluding hydrogens is 286 g/mol. The molecule has 0 radical (unpaired) electrons. The first kappa shape index (κ1) is 14.4. The summed E-state index contributed by atoms with van der Waals surface area (Å²) in [7, 11) is 0. The molecule has 1 atom stereocenters. The summed E-state index contributed by atoms with van der Waals surface area (Å²) in [5.41, 5.74) is 5.28. The van der Waals surface area contributed by atoms with E-state index < -0.39 is 23.6 Å². The van der Waals surface area contributed by atoms with E-state index in [1.54, 1.807) is 16.8 Å². The molecule has 2 aromatic rings. The van der Waals surface area contributed by atoms with Crippen LogP contribution in [0.15, 0.2) is 29.0 Å². The quantitative estimate of drug-likeness (QED) is 0.756. The third-order valence-corrected chi connectivity index (χ3v) is 3.42. The van der Waals surface area contributed by atoms with Crippen LogP contribution in [0, 0.1) is 11.6 Å². The zero-order valence-electron chi connectivity index (χ0n) is 10.3. The molecule has 0 saturated heterocycles. The smallest absolute Gasteiger partial charge is 0.254 e. The monoisotopic (exact) mass is 298 g/mol. The second-order valence-electron chi connectivity index (χ2n) is 4.14. The van der Waals surface area contributed by atoms with Gasteiger partial charge in [-0.25, -0.2) is 8.78 Å². The number of nitrogens with two attached hydrogens (primary N) is 1. The Balaban J connectivity index is 2.04. The first-order valence-corrected chi connectivity index (χ1v) is 6.66. The normalized spacial score (nSPS) is 12.2. The fourth-order valence-corrected chi connectivity index (χ4v) is 2.31. The van der Waals surface area contributed by atoms with E-state index in [9.17, 15) is 18.7 Å². The van der Waals surface area contributed by atoms with Crippen LogP contribution in [-0.2, 0) is 0 Å². The first-order valence-electron chi connectivity index (χ1n) is 5.72. The number of hydrogen-bond donors (Lipinski definition) is 3. The van der Waals surface area contributed by atoms with Crippen LogP contribution < -0.4 is 11.1 Å². The molecule has 0 aliphatic heterocycles. The molecule has 0 saturated carbocycles. The van der Waals surface area contributed by atoms with Crippen LogP contribution in [-0.4, -0.2) is 17.6 Å². The second-order valence-corrected chi connectivity index (χ2v) is 4.92. The molecule has 7 heteroatoms. The Morgan fingerprint density at radius 2 is 2.15 bits per heavy atom. The number of aliphatic hydroxyl groups is 1. The number of anilines is 1. The molecule has 2 rings (SSSR count). The molecule has 4 N–H and O–H groups in total. The Morgan fingerprint density at radius 3 is 2.80 bits per heavy atom. The summed E-state index contributed by atoms with van der Waals surface area (Å²) < 4.78 is 26.4. The molecule has 106 valence electrons. The zero-order valence-corrected chi connectivity index (χ0v) is 11.1. The lowest BCUT2D eigenvalue weighted by Crippen LogP contribution is -2.29. The van der Waals surface area contributed by atoms with Crippen LogP contribution in [0.3, 0.4) is 0 Å². The van der Waals surface area contributed by atoms with Gasteiger partial charge >= 0.3 is 0 Å². The Kier molecular flexibility index (Phi) is 4.31. The van der Waals surface area contributed by atoms with Crippen LogP contribution >= 0.6 is 11.3 Å². The van der Waals surface area contributed by atoms with E-state index >= 15 is 0 Å². The van der Waals surface area contributed by atoms with Gasteiger partial charge in [0.25, 0.3) is 5.91 Å². The van der Waals surface area contributed by atoms with Gasteiger partial charge in [-0.05, 0) is 28.5 Å². The van der Waals surface area contributed by atoms with Crippen LogP contribution in [0.1, 0.15) is 22.0 Å². The minimum Gasteiger partial charge on any atom is -0.396 e. The van der Waals surface area contributed by atoms with Crippen molar-refractivity contribution in [2.24, 2.45) is 0 Å². The van der Waals surface area contributed by atoms with Crippen molar-refractivity contribution in [3.8, 4) is 0 Å². The van der Waals surface area contributed by atoms with Crippen LogP contribution in [0.2, 0.25) is 0 Å². The van der Waals surface area contributed by atoms with E-state index in [1.807, 2.05) is 0 Å². The number of nitrogens with one attached hydrogen (secondary N) is 1. The molecule has 4 nitrogen and oxygen atoms in total. The Hall–Kier alpha value is -1.99. The van der Waals surface area contributed by atoms with Gasteiger partial charge in [-0.1, -0.05) is 0 Å². The summed E-state index contributed by atoms with van der Waals surface area (Å²) in [6.45, 7) is -0.0771. The Labute approximate surface area is 117 Å². The highest BCUT2D eigenvalue weighted by Gasteiger charge is 2.16. The van der Waals surface area contributed by atoms with E-state index in [2.05, 4.69) is 5.32 Å². The van der Waals surface area contributed by atoms with Crippen molar-refractivity contribution in [1.29, 1.82) is 0 Å². The molecule has 1 heterocycles. The lowest BCUT2D eigenvalue weighted by Gasteiger charge is -2.11. The van der Waals surface area contributed by atoms with E-state index in [0.29, 0.717) is 11.6 Å². The molecule has 0 bridgehead atoms. The summed E-state index contributed by atoms with van der Waals surface area (Å²) in [5, 5.41) is 15.7. The fraction of sp³-hybridized carbons (Fsp3) is 0.154. The van der Waals surface area contributed by atoms with Crippen molar-refractivity contribution in [1.82, 2.24) is 5.32 Å². The zero-order chi connectivity index (χ0) is 14.7. The maximum Gasteiger partial charge on any atom is 0.254 e. The molecule has 1 aromatic carbocycles. The SMILES string of the molecule is Nc1cc(C(=O)NCC(O)c2ccsc2)c(F)cc1F. The van der Waals surface area contributed by atoms with Gasteiger partial charge in [-0.3, -0.25) is 4.79 Å². The number of rotatable bonds is 4. The number of carbonyl (C=O) groups is 1. The number of hydrogen-bond acceptors (Lipinski definition) is 4. The van der Waals surface area contributed by atoms with Gasteiger partial charge in [0.2, 0.25) is 0 Å². The minimum absolute atomic E-state index is 0.0771. The number of aliphatic hydroxyl groups excluding tert-OH is 1. The van der Waals surface area contributed by atoms with Gasteiger partial charge in [0, 0.05) is 12.6 Å². The standard InChI is InChI=1S/C13H12F2N2O2S/c14-9-4-10(15)11(16)3-8(9)13(19)17-5-12(18)7-1-2-20-6-7/h1-4,6,12,18H,5,16H2,(H,17,19). The van der Waals surface area contributed by atoms with E-state index in [-0.39, 0.29) is 17.8 Å². The predicted molar refractivity (Wildman–Crippen MR) is 72.4 cm³/mol. The van der Waals surface area contributed by atoms with Crippen molar-refractivity contribution >= 4 is 22.9 Å². The number of carbonyl (C=O) groups excluding carboxylic acids is 1. The molecule has 0 fully saturated rings. The van der Waals surface area contributed by atoms with E-state index in [0.717, 1.165) is 6.07 Å². The molecule has 1 amide bonds. The summed E-state index contributed by atoms with van der Waals surface area (Å²) in [6, 6.07) is 3.20. The van der Waals surface area contributed by atoms with Crippen LogP contribution in [0.4, 0.5) is 14.5 Å². The van der Waals surface area contributed by atoms with Gasteiger partial charge in [0.05, 0.1) is 17.4 Å². The fourth-order valence-electron chi connectivity index (χ4n) is 1.61. The van der Waals surface area contributed by atoms with Crippen molar-refractivity contribution in [2.45, 2.75) is 6.10 Å². The van der Waals surface area contributed by atoms with Gasteiger partial charge in [0.1, 0.15) is 11.6 Å². The molecule has 1 unspecified atom stereocenters. The number of benzene rings is 1. The summed E-state index contributed by atoms with van der Waals surface area (Å²) in [6.07, 6.45) is -0.883. The Morgan fingerprint density at radius 1 is 1.40 bits per heavy atom. The van der Waals surface area contributed by atoms with Gasteiger partial charge in [-0.2, -0.15) is 11.3 Å². The summed E-state index contributed by atoms with van der Waals surface area (Å²) >= 11 is 1.41. The molecular formula is C13H12F2N2O2S. The number of nitrogen functional groups attached to an aromatic ring is 1. The largest absolute Gasteiger partial charge is 0.396 e. The molecule has 0 aliphatic carbocycles. The predicted octanol–water partition coefficient (Wildman–Crippen LogP) is 2.07. The van der Waals surface area contributed by atoms with E-state index in [1.165, 1.54) is 11.3 Å². The maximum absolute atomic E-state index is 13.5. The highest BCUT2D eigenvalue weighted by molar-refractivity contribution is 7.07. The third kappa shape index (κ3) is 3.12. The highest BCUT2D eigenvalue weighted by atomic mass is 32.1. The first-order chi connectivity index (χ1) is 9.49. The summed E-state index contributed by atoms with van der Waals surface area (Å²) in [4.78, 5) is 11.8. The molecule has 20 heavy (non-hydrogen) atoms. The average Bonchev–Trinajstić information content (AvgIpc) is 2.94. The minimum atomic E-state index is -1.00. The molecule has 1 aromatic heterocycles. The average molecular weight is 298 g/mol. The topological polar surface area (TPSA) is 75.4 Å². The highest BCUT2D eigenvalue weighted by Crippen LogP contribution is 2.18. The summed E-state index contributed by atoms with van der Waals surface area (Å²) in [5.74, 6) is -2.68. The van der Waals surface area contributed by atoms with Crippen molar-refractivity contribution < 1.29 is 18.7 Å². The van der Waals surface area contributed by atoms with Crippen molar-refractivity contribution in [2.75, 3.05) is 12.3 Å². The second kappa shape index (κ2) is 5.98. The number of amides is 1. The van der Waals surface area contributed by atoms with Gasteiger partial charge in [-0.15, -0.1) is 0 Å². The Bertz CT molecular complexity index is 617. The molecule has 0 spiro atoms. The number of halogens is 2. The lowest BCUT2D eigenvalue weighted by molar-refractivity contribution is 0.0912. The molecule has 0 aliphatic rings. The van der Waals surface area contributed by atoms with Crippen molar-refractivity contribution in [3.63, 3.8) is 0 Å². The van der Waals surface area contributed by atoms with Crippen LogP contribution in [0.25, 0.3) is 0 Å². The maximum atomic E-state index is 13.5. The van der Waals surface area contributed by atoms with Gasteiger partial charge < -0.3 is 16.2 Å².